The van der Waals surface area contributed by atoms with Gasteiger partial charge in [0.2, 0.25) is 0 Å². The lowest BCUT2D eigenvalue weighted by Crippen LogP contribution is -1.88. The minimum absolute atomic E-state index is 0.323. The number of rotatable bonds is 1. The Hall–Kier alpha value is -1.06. The largest absolute Gasteiger partial charge is 0.497 e. The minimum Gasteiger partial charge on any atom is -0.497 e. The zero-order chi connectivity index (χ0) is 10.1. The van der Waals surface area contributed by atoms with Gasteiger partial charge in [-0.15, -0.1) is 10.2 Å². The third-order valence-electron chi connectivity index (χ3n) is 1.90. The molecule has 2 rings (SSSR count). The van der Waals surface area contributed by atoms with E-state index in [0.29, 0.717) is 16.1 Å². The summed E-state index contributed by atoms with van der Waals surface area (Å²) in [6, 6.07) is 5.38. The summed E-state index contributed by atoms with van der Waals surface area (Å²) < 4.78 is 5.07. The molecular weight excluding hydrogens is 223 g/mol. The van der Waals surface area contributed by atoms with Gasteiger partial charge in [0.05, 0.1) is 7.11 Å². The molecule has 0 aliphatic carbocycles. The van der Waals surface area contributed by atoms with Crippen LogP contribution in [-0.4, -0.2) is 17.3 Å². The molecule has 0 saturated heterocycles. The first-order chi connectivity index (χ1) is 6.72. The summed E-state index contributed by atoms with van der Waals surface area (Å²) in [6.45, 7) is 0. The molecule has 0 spiro atoms. The molecule has 1 heterocycles. The number of hydrogen-bond donors (Lipinski definition) is 0. The maximum absolute atomic E-state index is 5.87. The summed E-state index contributed by atoms with van der Waals surface area (Å²) in [6.07, 6.45) is 0. The van der Waals surface area contributed by atoms with E-state index in [1.54, 1.807) is 25.3 Å². The highest BCUT2D eigenvalue weighted by atomic mass is 35.5. The Morgan fingerprint density at radius 3 is 2.36 bits per heavy atom. The quantitative estimate of drug-likeness (QED) is 0.753. The van der Waals surface area contributed by atoms with Crippen LogP contribution in [0.3, 0.4) is 0 Å². The monoisotopic (exact) mass is 228 g/mol. The van der Waals surface area contributed by atoms with Crippen LogP contribution in [0.2, 0.25) is 10.3 Å². The predicted octanol–water partition coefficient (Wildman–Crippen LogP) is 2.95. The van der Waals surface area contributed by atoms with Gasteiger partial charge >= 0.3 is 0 Å². The Morgan fingerprint density at radius 2 is 1.71 bits per heavy atom. The number of aromatic nitrogens is 2. The second kappa shape index (κ2) is 3.59. The van der Waals surface area contributed by atoms with E-state index in [1.807, 2.05) is 0 Å². The Kier molecular flexibility index (Phi) is 2.44. The van der Waals surface area contributed by atoms with Gasteiger partial charge < -0.3 is 4.74 Å². The number of methoxy groups -OCH3 is 1. The zero-order valence-electron chi connectivity index (χ0n) is 7.29. The number of hydrogen-bond acceptors (Lipinski definition) is 3. The zero-order valence-corrected chi connectivity index (χ0v) is 8.80. The van der Waals surface area contributed by atoms with E-state index >= 15 is 0 Å². The Balaban J connectivity index is 2.80. The van der Waals surface area contributed by atoms with Crippen LogP contribution in [0.5, 0.6) is 5.75 Å². The van der Waals surface area contributed by atoms with Crippen molar-refractivity contribution in [2.75, 3.05) is 7.11 Å². The lowest BCUT2D eigenvalue weighted by Gasteiger charge is -2.03. The second-order valence-corrected chi connectivity index (χ2v) is 3.41. The average molecular weight is 229 g/mol. The van der Waals surface area contributed by atoms with Crippen molar-refractivity contribution < 1.29 is 4.74 Å². The second-order valence-electron chi connectivity index (χ2n) is 2.69. The fraction of sp³-hybridized carbons (Fsp3) is 0.111. The van der Waals surface area contributed by atoms with Crippen LogP contribution in [0.1, 0.15) is 0 Å². The van der Waals surface area contributed by atoms with Crippen LogP contribution in [0.4, 0.5) is 0 Å². The molecule has 0 unspecified atom stereocenters. The molecule has 14 heavy (non-hydrogen) atoms. The SMILES string of the molecule is COc1ccc2c(Cl)nnc(Cl)c2c1. The lowest BCUT2D eigenvalue weighted by molar-refractivity contribution is 0.415. The van der Waals surface area contributed by atoms with E-state index < -0.39 is 0 Å². The van der Waals surface area contributed by atoms with Gasteiger partial charge in [0, 0.05) is 10.8 Å². The van der Waals surface area contributed by atoms with Crippen molar-refractivity contribution in [2.45, 2.75) is 0 Å². The molecule has 0 bridgehead atoms. The molecule has 3 nitrogen and oxygen atoms in total. The molecule has 0 radical (unpaired) electrons. The third-order valence-corrected chi connectivity index (χ3v) is 2.46. The van der Waals surface area contributed by atoms with E-state index in [2.05, 4.69) is 10.2 Å². The fourth-order valence-electron chi connectivity index (χ4n) is 1.20. The fourth-order valence-corrected chi connectivity index (χ4v) is 1.59. The maximum atomic E-state index is 5.87. The highest BCUT2D eigenvalue weighted by Gasteiger charge is 2.06. The van der Waals surface area contributed by atoms with E-state index in [4.69, 9.17) is 27.9 Å². The van der Waals surface area contributed by atoms with Crippen LogP contribution in [-0.2, 0) is 0 Å². The third kappa shape index (κ3) is 1.49. The number of halogens is 2. The summed E-state index contributed by atoms with van der Waals surface area (Å²) in [5, 5.41) is 9.59. The first-order valence-corrected chi connectivity index (χ1v) is 4.63. The van der Waals surface area contributed by atoms with Gasteiger partial charge in [-0.1, -0.05) is 23.2 Å². The first kappa shape index (κ1) is 9.49. The van der Waals surface area contributed by atoms with Crippen molar-refractivity contribution in [2.24, 2.45) is 0 Å². The smallest absolute Gasteiger partial charge is 0.159 e. The molecule has 0 fully saturated rings. The molecule has 72 valence electrons. The van der Waals surface area contributed by atoms with Gasteiger partial charge in [0.25, 0.3) is 0 Å². The van der Waals surface area contributed by atoms with Gasteiger partial charge in [-0.05, 0) is 18.2 Å². The minimum atomic E-state index is 0.323. The molecule has 2 aromatic rings. The molecule has 1 aromatic carbocycles. The average Bonchev–Trinajstić information content (AvgIpc) is 2.23. The van der Waals surface area contributed by atoms with Crippen molar-refractivity contribution in [3.8, 4) is 5.75 Å². The van der Waals surface area contributed by atoms with Gasteiger partial charge in [0.15, 0.2) is 10.3 Å². The molecule has 0 N–H and O–H groups in total. The van der Waals surface area contributed by atoms with Crippen LogP contribution in [0.25, 0.3) is 10.8 Å². The van der Waals surface area contributed by atoms with Gasteiger partial charge in [-0.25, -0.2) is 0 Å². The standard InChI is InChI=1S/C9H6Cl2N2O/c1-14-5-2-3-6-7(4-5)9(11)13-12-8(6)10/h2-4H,1H3. The van der Waals surface area contributed by atoms with Crippen LogP contribution < -0.4 is 4.74 Å². The van der Waals surface area contributed by atoms with Crippen molar-refractivity contribution in [3.05, 3.63) is 28.5 Å². The van der Waals surface area contributed by atoms with Crippen molar-refractivity contribution in [1.29, 1.82) is 0 Å². The summed E-state index contributed by atoms with van der Waals surface area (Å²) in [5.41, 5.74) is 0. The maximum Gasteiger partial charge on any atom is 0.159 e. The van der Waals surface area contributed by atoms with Gasteiger partial charge in [-0.2, -0.15) is 0 Å². The molecule has 0 aliphatic heterocycles. The van der Waals surface area contributed by atoms with Crippen molar-refractivity contribution in [1.82, 2.24) is 10.2 Å². The Bertz CT molecular complexity index is 487. The van der Waals surface area contributed by atoms with Crippen molar-refractivity contribution in [3.63, 3.8) is 0 Å². The Morgan fingerprint density at radius 1 is 1.07 bits per heavy atom. The summed E-state index contributed by atoms with van der Waals surface area (Å²) in [4.78, 5) is 0. The number of nitrogens with zero attached hydrogens (tertiary/aromatic N) is 2. The van der Waals surface area contributed by atoms with E-state index in [9.17, 15) is 0 Å². The van der Waals surface area contributed by atoms with Crippen LogP contribution in [0, 0.1) is 0 Å². The number of ether oxygens (including phenoxy) is 1. The molecule has 0 aliphatic rings. The van der Waals surface area contributed by atoms with E-state index in [0.717, 1.165) is 10.8 Å². The van der Waals surface area contributed by atoms with Crippen LogP contribution in [0.15, 0.2) is 18.2 Å². The van der Waals surface area contributed by atoms with Gasteiger partial charge in [-0.3, -0.25) is 0 Å². The number of benzene rings is 1. The van der Waals surface area contributed by atoms with Gasteiger partial charge in [0.1, 0.15) is 5.75 Å². The lowest BCUT2D eigenvalue weighted by atomic mass is 10.2. The molecule has 5 heteroatoms. The molecular formula is C9H6Cl2N2O. The predicted molar refractivity (Wildman–Crippen MR) is 56.1 cm³/mol. The normalized spacial score (nSPS) is 10.5. The van der Waals surface area contributed by atoms with Crippen molar-refractivity contribution >= 4 is 34.0 Å². The highest BCUT2D eigenvalue weighted by Crippen LogP contribution is 2.28. The summed E-state index contributed by atoms with van der Waals surface area (Å²) >= 11 is 11.7. The molecule has 0 saturated carbocycles. The first-order valence-electron chi connectivity index (χ1n) is 3.88. The molecule has 1 aromatic heterocycles. The summed E-state index contributed by atoms with van der Waals surface area (Å²) in [7, 11) is 1.59. The summed E-state index contributed by atoms with van der Waals surface area (Å²) in [5.74, 6) is 0.712. The van der Waals surface area contributed by atoms with E-state index in [1.165, 1.54) is 0 Å². The molecule has 0 amide bonds. The Labute approximate surface area is 90.6 Å². The molecule has 0 atom stereocenters. The van der Waals surface area contributed by atoms with E-state index in [-0.39, 0.29) is 0 Å². The highest BCUT2D eigenvalue weighted by molar-refractivity contribution is 6.38. The number of fused-ring (bicyclic) bond motifs is 1. The topological polar surface area (TPSA) is 35.0 Å². The van der Waals surface area contributed by atoms with Crippen LogP contribution >= 0.6 is 23.2 Å².